The molecule has 0 fully saturated rings. The van der Waals surface area contributed by atoms with E-state index in [1.54, 1.807) is 36.4 Å². The van der Waals surface area contributed by atoms with Gasteiger partial charge in [0.15, 0.2) is 5.78 Å². The van der Waals surface area contributed by atoms with Gasteiger partial charge in [-0.15, -0.1) is 0 Å². The van der Waals surface area contributed by atoms with Crippen molar-refractivity contribution in [2.24, 2.45) is 0 Å². The van der Waals surface area contributed by atoms with Crippen molar-refractivity contribution in [3.05, 3.63) is 60.2 Å². The van der Waals surface area contributed by atoms with Gasteiger partial charge >= 0.3 is 0 Å². The minimum absolute atomic E-state index is 0.106. The fourth-order valence-corrected chi connectivity index (χ4v) is 3.04. The van der Waals surface area contributed by atoms with E-state index in [0.717, 1.165) is 0 Å². The van der Waals surface area contributed by atoms with Crippen LogP contribution in [0.5, 0.6) is 0 Å². The van der Waals surface area contributed by atoms with Gasteiger partial charge in [-0.2, -0.15) is 0 Å². The van der Waals surface area contributed by atoms with Crippen LogP contribution in [0.2, 0.25) is 0 Å². The largest absolute Gasteiger partial charge is 0.293 e. The lowest BCUT2D eigenvalue weighted by Crippen LogP contribution is -2.13. The van der Waals surface area contributed by atoms with Crippen LogP contribution in [0.25, 0.3) is 0 Å². The first-order valence-corrected chi connectivity index (χ1v) is 8.40. The van der Waals surface area contributed by atoms with Crippen molar-refractivity contribution in [3.63, 3.8) is 0 Å². The fourth-order valence-electron chi connectivity index (χ4n) is 1.65. The molecule has 0 aliphatic carbocycles. The van der Waals surface area contributed by atoms with Crippen molar-refractivity contribution in [2.45, 2.75) is 4.90 Å². The molecular formula is C14H12BrNO3S. The first-order chi connectivity index (χ1) is 9.53. The van der Waals surface area contributed by atoms with Gasteiger partial charge in [0.2, 0.25) is 0 Å². The maximum atomic E-state index is 12.1. The molecule has 0 unspecified atom stereocenters. The average molecular weight is 354 g/mol. The lowest BCUT2D eigenvalue weighted by molar-refractivity contribution is 0.102. The number of alkyl halides is 1. The predicted molar refractivity (Wildman–Crippen MR) is 81.8 cm³/mol. The number of hydrogen-bond acceptors (Lipinski definition) is 3. The van der Waals surface area contributed by atoms with Gasteiger partial charge in [0, 0.05) is 11.3 Å². The third kappa shape index (κ3) is 3.46. The number of benzene rings is 2. The van der Waals surface area contributed by atoms with Gasteiger partial charge in [0.25, 0.3) is 10.0 Å². The van der Waals surface area contributed by atoms with E-state index in [4.69, 9.17) is 0 Å². The average Bonchev–Trinajstić information content (AvgIpc) is 2.47. The number of hydrogen-bond donors (Lipinski definition) is 1. The number of nitrogens with one attached hydrogen (secondary N) is 1. The molecule has 6 heteroatoms. The number of carbonyl (C=O) groups excluding carboxylic acids is 1. The van der Waals surface area contributed by atoms with Gasteiger partial charge in [0.05, 0.1) is 10.2 Å². The third-order valence-corrected chi connectivity index (χ3v) is 4.52. The third-order valence-electron chi connectivity index (χ3n) is 2.61. The molecule has 20 heavy (non-hydrogen) atoms. The molecule has 0 heterocycles. The van der Waals surface area contributed by atoms with E-state index in [1.165, 1.54) is 18.2 Å². The van der Waals surface area contributed by atoms with Gasteiger partial charge < -0.3 is 0 Å². The van der Waals surface area contributed by atoms with Crippen LogP contribution in [0.1, 0.15) is 10.4 Å². The van der Waals surface area contributed by atoms with Gasteiger partial charge in [0.1, 0.15) is 0 Å². The maximum Gasteiger partial charge on any atom is 0.261 e. The Bertz CT molecular complexity index is 714. The molecule has 0 atom stereocenters. The molecule has 0 aliphatic rings. The number of ketones is 1. The fraction of sp³-hybridized carbons (Fsp3) is 0.0714. The number of halogens is 1. The summed E-state index contributed by atoms with van der Waals surface area (Å²) in [7, 11) is -3.64. The minimum atomic E-state index is -3.64. The number of Topliss-reactive ketones (excluding diaryl/α,β-unsaturated/α-hetero) is 1. The molecule has 0 radical (unpaired) electrons. The van der Waals surface area contributed by atoms with Crippen molar-refractivity contribution in [2.75, 3.05) is 10.1 Å². The topological polar surface area (TPSA) is 63.2 Å². The van der Waals surface area contributed by atoms with Crippen LogP contribution in [0.3, 0.4) is 0 Å². The van der Waals surface area contributed by atoms with Crippen molar-refractivity contribution >= 4 is 37.4 Å². The monoisotopic (exact) mass is 353 g/mol. The molecule has 0 bridgehead atoms. The van der Waals surface area contributed by atoms with E-state index in [-0.39, 0.29) is 16.0 Å². The Morgan fingerprint density at radius 1 is 1.05 bits per heavy atom. The normalized spacial score (nSPS) is 11.1. The van der Waals surface area contributed by atoms with Crippen LogP contribution >= 0.6 is 15.9 Å². The summed E-state index contributed by atoms with van der Waals surface area (Å²) in [6.07, 6.45) is 0. The van der Waals surface area contributed by atoms with Crippen LogP contribution in [-0.2, 0) is 10.0 Å². The molecule has 0 spiro atoms. The summed E-state index contributed by atoms with van der Waals surface area (Å²) in [5.74, 6) is -0.106. The first kappa shape index (κ1) is 14.7. The van der Waals surface area contributed by atoms with Crippen LogP contribution in [0, 0.1) is 0 Å². The molecule has 2 aromatic carbocycles. The highest BCUT2D eigenvalue weighted by Crippen LogP contribution is 2.17. The van der Waals surface area contributed by atoms with Crippen LogP contribution in [0.15, 0.2) is 59.5 Å². The predicted octanol–water partition coefficient (Wildman–Crippen LogP) is 3.07. The summed E-state index contributed by atoms with van der Waals surface area (Å²) >= 11 is 3.09. The quantitative estimate of drug-likeness (QED) is 0.663. The molecule has 104 valence electrons. The van der Waals surface area contributed by atoms with Crippen molar-refractivity contribution < 1.29 is 13.2 Å². The van der Waals surface area contributed by atoms with Crippen LogP contribution in [0.4, 0.5) is 5.69 Å². The SMILES string of the molecule is O=C(CBr)c1cccc(NS(=O)(=O)c2ccccc2)c1. The van der Waals surface area contributed by atoms with Crippen LogP contribution < -0.4 is 4.72 Å². The van der Waals surface area contributed by atoms with Crippen LogP contribution in [-0.4, -0.2) is 19.5 Å². The first-order valence-electron chi connectivity index (χ1n) is 5.80. The van der Waals surface area contributed by atoms with E-state index in [2.05, 4.69) is 20.7 Å². The van der Waals surface area contributed by atoms with Crippen molar-refractivity contribution in [3.8, 4) is 0 Å². The summed E-state index contributed by atoms with van der Waals surface area (Å²) in [5.41, 5.74) is 0.816. The molecule has 0 amide bonds. The summed E-state index contributed by atoms with van der Waals surface area (Å²) in [6, 6.07) is 14.5. The number of carbonyl (C=O) groups is 1. The number of sulfonamides is 1. The number of rotatable bonds is 5. The zero-order chi connectivity index (χ0) is 14.6. The van der Waals surface area contributed by atoms with E-state index < -0.39 is 10.0 Å². The molecule has 2 rings (SSSR count). The number of anilines is 1. The van der Waals surface area contributed by atoms with E-state index in [1.807, 2.05) is 0 Å². The molecule has 0 saturated carbocycles. The van der Waals surface area contributed by atoms with Gasteiger partial charge in [-0.05, 0) is 24.3 Å². The molecule has 4 nitrogen and oxygen atoms in total. The lowest BCUT2D eigenvalue weighted by Gasteiger charge is -2.08. The lowest BCUT2D eigenvalue weighted by atomic mass is 10.1. The smallest absolute Gasteiger partial charge is 0.261 e. The maximum absolute atomic E-state index is 12.1. The highest BCUT2D eigenvalue weighted by molar-refractivity contribution is 9.09. The van der Waals surface area contributed by atoms with Gasteiger partial charge in [-0.3, -0.25) is 9.52 Å². The molecule has 1 N–H and O–H groups in total. The molecule has 0 aliphatic heterocycles. The van der Waals surface area contributed by atoms with Crippen molar-refractivity contribution in [1.29, 1.82) is 0 Å². The molecular weight excluding hydrogens is 342 g/mol. The Balaban J connectivity index is 2.29. The Morgan fingerprint density at radius 2 is 1.75 bits per heavy atom. The van der Waals surface area contributed by atoms with Gasteiger partial charge in [-0.1, -0.05) is 46.3 Å². The summed E-state index contributed by atoms with van der Waals surface area (Å²) < 4.78 is 26.8. The second-order valence-electron chi connectivity index (χ2n) is 4.06. The standard InChI is InChI=1S/C14H12BrNO3S/c15-10-14(17)11-5-4-6-12(9-11)16-20(18,19)13-7-2-1-3-8-13/h1-9,16H,10H2. The minimum Gasteiger partial charge on any atom is -0.293 e. The Labute approximate surface area is 126 Å². The second-order valence-corrected chi connectivity index (χ2v) is 6.30. The van der Waals surface area contributed by atoms with E-state index in [9.17, 15) is 13.2 Å². The summed E-state index contributed by atoms with van der Waals surface area (Å²) in [5, 5.41) is 0.196. The van der Waals surface area contributed by atoms with E-state index >= 15 is 0 Å². The summed E-state index contributed by atoms with van der Waals surface area (Å²) in [4.78, 5) is 11.8. The van der Waals surface area contributed by atoms with Crippen molar-refractivity contribution in [1.82, 2.24) is 0 Å². The molecule has 0 aromatic heterocycles. The Morgan fingerprint density at radius 3 is 2.40 bits per heavy atom. The van der Waals surface area contributed by atoms with Gasteiger partial charge in [-0.25, -0.2) is 8.42 Å². The van der Waals surface area contributed by atoms with E-state index in [0.29, 0.717) is 11.3 Å². The summed E-state index contributed by atoms with van der Waals surface area (Å²) in [6.45, 7) is 0. The second kappa shape index (κ2) is 6.19. The zero-order valence-corrected chi connectivity index (χ0v) is 12.8. The highest BCUT2D eigenvalue weighted by atomic mass is 79.9. The highest BCUT2D eigenvalue weighted by Gasteiger charge is 2.14. The zero-order valence-electron chi connectivity index (χ0n) is 10.4. The Hall–Kier alpha value is -1.66. The molecule has 2 aromatic rings. The Kier molecular flexibility index (Phi) is 4.57. The molecule has 0 saturated heterocycles.